The standard InChI is InChI=1S/C18H25N3O3/c1-4-24-14-6-5-9-21(11-14)17(22)8-7-15-12(2)16(10-19)18(23)20-13(15)3/h14H,4-9,11H2,1-3H3,(H,20,23)/t14-/m0/s1. The van der Waals surface area contributed by atoms with Crippen LogP contribution in [0.2, 0.25) is 0 Å². The van der Waals surface area contributed by atoms with E-state index in [2.05, 4.69) is 4.98 Å². The number of carbonyl (C=O) groups is 1. The molecule has 1 saturated heterocycles. The smallest absolute Gasteiger partial charge is 0.266 e. The number of aromatic nitrogens is 1. The Balaban J connectivity index is 2.04. The summed E-state index contributed by atoms with van der Waals surface area (Å²) < 4.78 is 5.64. The summed E-state index contributed by atoms with van der Waals surface area (Å²) >= 11 is 0. The third-order valence-electron chi connectivity index (χ3n) is 4.64. The van der Waals surface area contributed by atoms with Gasteiger partial charge in [-0.05, 0) is 51.2 Å². The molecule has 24 heavy (non-hydrogen) atoms. The fourth-order valence-electron chi connectivity index (χ4n) is 3.35. The summed E-state index contributed by atoms with van der Waals surface area (Å²) in [6.07, 6.45) is 3.00. The molecule has 1 N–H and O–H groups in total. The van der Waals surface area contributed by atoms with Crippen molar-refractivity contribution in [1.82, 2.24) is 9.88 Å². The third kappa shape index (κ3) is 4.04. The summed E-state index contributed by atoms with van der Waals surface area (Å²) in [5, 5.41) is 9.12. The van der Waals surface area contributed by atoms with E-state index in [4.69, 9.17) is 10.00 Å². The fraction of sp³-hybridized carbons (Fsp3) is 0.611. The molecule has 1 aromatic heterocycles. The van der Waals surface area contributed by atoms with Crippen molar-refractivity contribution in [3.05, 3.63) is 32.7 Å². The van der Waals surface area contributed by atoms with Crippen molar-refractivity contribution in [3.63, 3.8) is 0 Å². The third-order valence-corrected chi connectivity index (χ3v) is 4.64. The number of nitrogens with zero attached hydrogens (tertiary/aromatic N) is 2. The summed E-state index contributed by atoms with van der Waals surface area (Å²) in [7, 11) is 0. The van der Waals surface area contributed by atoms with Gasteiger partial charge in [0.25, 0.3) is 5.56 Å². The molecule has 6 nitrogen and oxygen atoms in total. The number of H-pyrrole nitrogens is 1. The number of carbonyl (C=O) groups excluding carboxylic acids is 1. The van der Waals surface area contributed by atoms with E-state index < -0.39 is 0 Å². The van der Waals surface area contributed by atoms with E-state index in [-0.39, 0.29) is 23.1 Å². The zero-order valence-corrected chi connectivity index (χ0v) is 14.6. The van der Waals surface area contributed by atoms with Crippen molar-refractivity contribution in [2.75, 3.05) is 19.7 Å². The summed E-state index contributed by atoms with van der Waals surface area (Å²) in [6.45, 7) is 7.64. The normalized spacial score (nSPS) is 17.6. The number of aromatic amines is 1. The minimum Gasteiger partial charge on any atom is -0.377 e. The topological polar surface area (TPSA) is 86.2 Å². The molecule has 1 atom stereocenters. The fourth-order valence-corrected chi connectivity index (χ4v) is 3.35. The molecule has 130 valence electrons. The van der Waals surface area contributed by atoms with Gasteiger partial charge in [-0.15, -0.1) is 0 Å². The van der Waals surface area contributed by atoms with E-state index >= 15 is 0 Å². The number of hydrogen-bond donors (Lipinski definition) is 1. The molecule has 2 rings (SSSR count). The Bertz CT molecular complexity index is 701. The molecule has 6 heteroatoms. The summed E-state index contributed by atoms with van der Waals surface area (Å²) in [5.41, 5.74) is 2.07. The first-order chi connectivity index (χ1) is 11.5. The van der Waals surface area contributed by atoms with Crippen molar-refractivity contribution in [3.8, 4) is 6.07 Å². The van der Waals surface area contributed by atoms with Crippen LogP contribution >= 0.6 is 0 Å². The maximum Gasteiger partial charge on any atom is 0.266 e. The molecule has 0 spiro atoms. The van der Waals surface area contributed by atoms with Crippen molar-refractivity contribution < 1.29 is 9.53 Å². The zero-order valence-electron chi connectivity index (χ0n) is 14.6. The van der Waals surface area contributed by atoms with Crippen LogP contribution < -0.4 is 5.56 Å². The highest BCUT2D eigenvalue weighted by Gasteiger charge is 2.24. The first-order valence-electron chi connectivity index (χ1n) is 8.49. The predicted molar refractivity (Wildman–Crippen MR) is 90.8 cm³/mol. The molecule has 2 heterocycles. The van der Waals surface area contributed by atoms with Gasteiger partial charge >= 0.3 is 0 Å². The highest BCUT2D eigenvalue weighted by molar-refractivity contribution is 5.76. The van der Waals surface area contributed by atoms with Gasteiger partial charge in [0.05, 0.1) is 6.10 Å². The van der Waals surface area contributed by atoms with E-state index in [0.29, 0.717) is 31.6 Å². The molecule has 0 aliphatic carbocycles. The van der Waals surface area contributed by atoms with Crippen molar-refractivity contribution in [2.45, 2.75) is 52.6 Å². The Labute approximate surface area is 142 Å². The number of ether oxygens (including phenoxy) is 1. The number of amides is 1. The number of nitriles is 1. The number of hydrogen-bond acceptors (Lipinski definition) is 4. The summed E-state index contributed by atoms with van der Waals surface area (Å²) in [5.74, 6) is 0.0999. The number of aryl methyl sites for hydroxylation is 1. The lowest BCUT2D eigenvalue weighted by molar-refractivity contribution is -0.135. The SMILES string of the molecule is CCO[C@H]1CCCN(C(=O)CCc2c(C)[nH]c(=O)c(C#N)c2C)C1. The highest BCUT2D eigenvalue weighted by atomic mass is 16.5. The average molecular weight is 331 g/mol. The van der Waals surface area contributed by atoms with E-state index in [0.717, 1.165) is 30.6 Å². The first kappa shape index (κ1) is 18.2. The van der Waals surface area contributed by atoms with E-state index in [1.54, 1.807) is 13.8 Å². The van der Waals surface area contributed by atoms with Crippen molar-refractivity contribution in [2.24, 2.45) is 0 Å². The average Bonchev–Trinajstić information content (AvgIpc) is 2.55. The van der Waals surface area contributed by atoms with Crippen LogP contribution in [-0.2, 0) is 16.0 Å². The van der Waals surface area contributed by atoms with Crippen LogP contribution in [0.15, 0.2) is 4.79 Å². The number of piperidine rings is 1. The van der Waals surface area contributed by atoms with Gasteiger partial charge < -0.3 is 14.6 Å². The minimum atomic E-state index is -0.363. The van der Waals surface area contributed by atoms with Gasteiger partial charge in [0.15, 0.2) is 0 Å². The first-order valence-corrected chi connectivity index (χ1v) is 8.49. The van der Waals surface area contributed by atoms with Gasteiger partial charge in [-0.2, -0.15) is 5.26 Å². The van der Waals surface area contributed by atoms with Gasteiger partial charge in [0, 0.05) is 31.8 Å². The van der Waals surface area contributed by atoms with Crippen LogP contribution in [0.3, 0.4) is 0 Å². The molecular formula is C18H25N3O3. The van der Waals surface area contributed by atoms with Crippen molar-refractivity contribution in [1.29, 1.82) is 5.26 Å². The van der Waals surface area contributed by atoms with Gasteiger partial charge in [-0.25, -0.2) is 0 Å². The maximum atomic E-state index is 12.5. The van der Waals surface area contributed by atoms with Crippen LogP contribution in [0.1, 0.15) is 48.6 Å². The lowest BCUT2D eigenvalue weighted by atomic mass is 9.98. The number of pyridine rings is 1. The van der Waals surface area contributed by atoms with E-state index in [1.807, 2.05) is 17.9 Å². The molecule has 1 amide bonds. The molecule has 0 radical (unpaired) electrons. The summed E-state index contributed by atoms with van der Waals surface area (Å²) in [4.78, 5) is 28.8. The second-order valence-corrected chi connectivity index (χ2v) is 6.23. The second-order valence-electron chi connectivity index (χ2n) is 6.23. The van der Waals surface area contributed by atoms with E-state index in [9.17, 15) is 9.59 Å². The van der Waals surface area contributed by atoms with Gasteiger partial charge in [-0.3, -0.25) is 9.59 Å². The molecule has 1 fully saturated rings. The Morgan fingerprint density at radius 1 is 1.46 bits per heavy atom. The van der Waals surface area contributed by atoms with Gasteiger partial charge in [-0.1, -0.05) is 0 Å². The lowest BCUT2D eigenvalue weighted by Gasteiger charge is -2.32. The molecule has 0 unspecified atom stereocenters. The Kier molecular flexibility index (Phi) is 6.16. The minimum absolute atomic E-state index is 0.0999. The summed E-state index contributed by atoms with van der Waals surface area (Å²) in [6, 6.07) is 1.95. The van der Waals surface area contributed by atoms with E-state index in [1.165, 1.54) is 0 Å². The molecular weight excluding hydrogens is 306 g/mol. The Morgan fingerprint density at radius 3 is 2.88 bits per heavy atom. The van der Waals surface area contributed by atoms with Crippen LogP contribution in [0, 0.1) is 25.2 Å². The Hall–Kier alpha value is -2.13. The van der Waals surface area contributed by atoms with Gasteiger partial charge in [0.1, 0.15) is 11.6 Å². The Morgan fingerprint density at radius 2 is 2.21 bits per heavy atom. The van der Waals surface area contributed by atoms with Crippen LogP contribution in [0.4, 0.5) is 0 Å². The largest absolute Gasteiger partial charge is 0.377 e. The number of likely N-dealkylation sites (tertiary alicyclic amines) is 1. The maximum absolute atomic E-state index is 12.5. The molecule has 1 aliphatic rings. The number of nitrogens with one attached hydrogen (secondary N) is 1. The molecule has 1 aliphatic heterocycles. The van der Waals surface area contributed by atoms with Crippen LogP contribution in [0.25, 0.3) is 0 Å². The quantitative estimate of drug-likeness (QED) is 0.892. The second kappa shape index (κ2) is 8.11. The van der Waals surface area contributed by atoms with Crippen molar-refractivity contribution >= 4 is 5.91 Å². The van der Waals surface area contributed by atoms with Crippen LogP contribution in [-0.4, -0.2) is 41.6 Å². The highest BCUT2D eigenvalue weighted by Crippen LogP contribution is 2.18. The lowest BCUT2D eigenvalue weighted by Crippen LogP contribution is -2.43. The molecule has 0 aromatic carbocycles. The predicted octanol–water partition coefficient (Wildman–Crippen LogP) is 1.82. The van der Waals surface area contributed by atoms with Gasteiger partial charge in [0.2, 0.25) is 5.91 Å². The van der Waals surface area contributed by atoms with Crippen LogP contribution in [0.5, 0.6) is 0 Å². The zero-order chi connectivity index (χ0) is 17.7. The number of rotatable bonds is 5. The molecule has 1 aromatic rings. The molecule has 0 saturated carbocycles. The molecule has 0 bridgehead atoms. The monoisotopic (exact) mass is 331 g/mol.